The van der Waals surface area contributed by atoms with Crippen molar-refractivity contribution in [3.05, 3.63) is 76.8 Å². The van der Waals surface area contributed by atoms with Gasteiger partial charge in [0, 0.05) is 21.8 Å². The second kappa shape index (κ2) is 10.1. The SMILES string of the molecule is COc1ccc(S(=O)(=O)N(CC(=O)Nc2cccc(Cl)c2)c2ccc(Cl)cc2)cc1OC. The Bertz CT molecular complexity index is 1220. The van der Waals surface area contributed by atoms with Crippen molar-refractivity contribution >= 4 is 50.5 Å². The van der Waals surface area contributed by atoms with Gasteiger partial charge in [-0.15, -0.1) is 0 Å². The van der Waals surface area contributed by atoms with Crippen molar-refractivity contribution in [3.63, 3.8) is 0 Å². The van der Waals surface area contributed by atoms with Crippen LogP contribution in [0.15, 0.2) is 71.6 Å². The van der Waals surface area contributed by atoms with Crippen LogP contribution in [0.2, 0.25) is 10.0 Å². The Morgan fingerprint density at radius 2 is 1.59 bits per heavy atom. The number of methoxy groups -OCH3 is 2. The average molecular weight is 495 g/mol. The molecule has 0 aliphatic heterocycles. The largest absolute Gasteiger partial charge is 0.493 e. The number of hydrogen-bond acceptors (Lipinski definition) is 5. The summed E-state index contributed by atoms with van der Waals surface area (Å²) in [6.45, 7) is -0.481. The minimum absolute atomic E-state index is 0.0688. The standard InChI is InChI=1S/C22H20Cl2N2O5S/c1-30-20-11-10-19(13-21(20)31-2)32(28,29)26(18-8-6-15(23)7-9-18)14-22(27)25-17-5-3-4-16(24)12-17/h3-13H,14H2,1-2H3,(H,25,27). The number of halogens is 2. The quantitative estimate of drug-likeness (QED) is 0.483. The van der Waals surface area contributed by atoms with E-state index in [0.29, 0.717) is 21.5 Å². The van der Waals surface area contributed by atoms with Crippen molar-refractivity contribution in [2.75, 3.05) is 30.4 Å². The summed E-state index contributed by atoms with van der Waals surface area (Å²) in [5, 5.41) is 3.53. The molecule has 0 radical (unpaired) electrons. The second-order valence-corrected chi connectivity index (χ2v) is 9.30. The third-order valence-electron chi connectivity index (χ3n) is 4.45. The number of carbonyl (C=O) groups is 1. The minimum Gasteiger partial charge on any atom is -0.493 e. The molecule has 10 heteroatoms. The molecule has 0 fully saturated rings. The summed E-state index contributed by atoms with van der Waals surface area (Å²) >= 11 is 11.9. The maximum Gasteiger partial charge on any atom is 0.264 e. The molecule has 0 saturated carbocycles. The van der Waals surface area contributed by atoms with Crippen LogP contribution in [0.1, 0.15) is 0 Å². The highest BCUT2D eigenvalue weighted by molar-refractivity contribution is 7.92. The molecule has 3 aromatic carbocycles. The highest BCUT2D eigenvalue weighted by Crippen LogP contribution is 2.32. The van der Waals surface area contributed by atoms with Gasteiger partial charge in [0.05, 0.1) is 24.8 Å². The number of nitrogens with zero attached hydrogens (tertiary/aromatic N) is 1. The fourth-order valence-electron chi connectivity index (χ4n) is 2.92. The number of hydrogen-bond donors (Lipinski definition) is 1. The zero-order valence-corrected chi connectivity index (χ0v) is 19.5. The molecule has 0 aliphatic carbocycles. The highest BCUT2D eigenvalue weighted by atomic mass is 35.5. The molecule has 0 aromatic heterocycles. The number of ether oxygens (including phenoxy) is 2. The number of amides is 1. The summed E-state index contributed by atoms with van der Waals surface area (Å²) in [4.78, 5) is 12.7. The van der Waals surface area contributed by atoms with Crippen molar-refractivity contribution in [1.82, 2.24) is 0 Å². The van der Waals surface area contributed by atoms with Crippen molar-refractivity contribution in [2.45, 2.75) is 4.90 Å². The Morgan fingerprint density at radius 3 is 2.22 bits per heavy atom. The summed E-state index contributed by atoms with van der Waals surface area (Å²) in [6.07, 6.45) is 0. The molecule has 0 unspecified atom stereocenters. The van der Waals surface area contributed by atoms with Gasteiger partial charge in [-0.2, -0.15) is 0 Å². The minimum atomic E-state index is -4.15. The average Bonchev–Trinajstić information content (AvgIpc) is 2.77. The normalized spacial score (nSPS) is 11.0. The molecular formula is C22H20Cl2N2O5S. The van der Waals surface area contributed by atoms with Crippen LogP contribution < -0.4 is 19.1 Å². The Morgan fingerprint density at radius 1 is 0.906 bits per heavy atom. The topological polar surface area (TPSA) is 84.9 Å². The van der Waals surface area contributed by atoms with Gasteiger partial charge in [-0.05, 0) is 54.6 Å². The summed E-state index contributed by atoms with van der Waals surface area (Å²) < 4.78 is 38.4. The maximum atomic E-state index is 13.5. The van der Waals surface area contributed by atoms with Gasteiger partial charge in [-0.25, -0.2) is 8.42 Å². The van der Waals surface area contributed by atoms with Crippen molar-refractivity contribution in [1.29, 1.82) is 0 Å². The van der Waals surface area contributed by atoms with E-state index < -0.39 is 22.5 Å². The first kappa shape index (κ1) is 23.7. The summed E-state index contributed by atoms with van der Waals surface area (Å²) in [5.74, 6) is 0.0717. The molecule has 0 spiro atoms. The van der Waals surface area contributed by atoms with Crippen LogP contribution in [-0.2, 0) is 14.8 Å². The lowest BCUT2D eigenvalue weighted by Crippen LogP contribution is -2.38. The van der Waals surface area contributed by atoms with E-state index in [9.17, 15) is 13.2 Å². The molecule has 7 nitrogen and oxygen atoms in total. The molecule has 1 N–H and O–H groups in total. The van der Waals surface area contributed by atoms with E-state index >= 15 is 0 Å². The lowest BCUT2D eigenvalue weighted by molar-refractivity contribution is -0.114. The number of benzene rings is 3. The number of rotatable bonds is 8. The van der Waals surface area contributed by atoms with Crippen LogP contribution >= 0.6 is 23.2 Å². The van der Waals surface area contributed by atoms with E-state index in [-0.39, 0.29) is 16.3 Å². The summed E-state index contributed by atoms with van der Waals surface area (Å²) in [6, 6.07) is 16.9. The molecule has 3 aromatic rings. The molecule has 32 heavy (non-hydrogen) atoms. The first-order valence-electron chi connectivity index (χ1n) is 9.30. The van der Waals surface area contributed by atoms with Gasteiger partial charge in [-0.1, -0.05) is 29.3 Å². The molecular weight excluding hydrogens is 475 g/mol. The third kappa shape index (κ3) is 5.45. The predicted molar refractivity (Wildman–Crippen MR) is 126 cm³/mol. The Kier molecular flexibility index (Phi) is 7.50. The van der Waals surface area contributed by atoms with Gasteiger partial charge in [0.25, 0.3) is 10.0 Å². The molecule has 0 aliphatic rings. The van der Waals surface area contributed by atoms with E-state index in [0.717, 1.165) is 4.31 Å². The number of sulfonamides is 1. The number of nitrogens with one attached hydrogen (secondary N) is 1. The second-order valence-electron chi connectivity index (χ2n) is 6.56. The van der Waals surface area contributed by atoms with Gasteiger partial charge < -0.3 is 14.8 Å². The fraction of sp³-hybridized carbons (Fsp3) is 0.136. The van der Waals surface area contributed by atoms with Crippen LogP contribution in [0.3, 0.4) is 0 Å². The van der Waals surface area contributed by atoms with E-state index in [2.05, 4.69) is 5.32 Å². The smallest absolute Gasteiger partial charge is 0.264 e. The van der Waals surface area contributed by atoms with Crippen molar-refractivity contribution in [3.8, 4) is 11.5 Å². The third-order valence-corrected chi connectivity index (χ3v) is 6.71. The molecule has 0 saturated heterocycles. The highest BCUT2D eigenvalue weighted by Gasteiger charge is 2.28. The molecule has 0 bridgehead atoms. The monoisotopic (exact) mass is 494 g/mol. The summed E-state index contributed by atoms with van der Waals surface area (Å²) in [7, 11) is -1.30. The van der Waals surface area contributed by atoms with Gasteiger partial charge in [-0.3, -0.25) is 9.10 Å². The fourth-order valence-corrected chi connectivity index (χ4v) is 4.68. The molecule has 1 amide bonds. The molecule has 168 valence electrons. The lowest BCUT2D eigenvalue weighted by atomic mass is 10.3. The zero-order valence-electron chi connectivity index (χ0n) is 17.2. The van der Waals surface area contributed by atoms with Crippen LogP contribution in [0.5, 0.6) is 11.5 Å². The van der Waals surface area contributed by atoms with Crippen molar-refractivity contribution in [2.24, 2.45) is 0 Å². The first-order chi connectivity index (χ1) is 15.2. The Hall–Kier alpha value is -2.94. The van der Waals surface area contributed by atoms with Gasteiger partial charge in [0.1, 0.15) is 6.54 Å². The number of anilines is 2. The van der Waals surface area contributed by atoms with Crippen molar-refractivity contribution < 1.29 is 22.7 Å². The zero-order chi connectivity index (χ0) is 23.3. The van der Waals surface area contributed by atoms with Crippen LogP contribution in [0, 0.1) is 0 Å². The lowest BCUT2D eigenvalue weighted by Gasteiger charge is -2.24. The van der Waals surface area contributed by atoms with Gasteiger partial charge in [0.2, 0.25) is 5.91 Å². The Labute approximate surface area is 196 Å². The molecule has 3 rings (SSSR count). The predicted octanol–water partition coefficient (Wildman–Crippen LogP) is 4.84. The Balaban J connectivity index is 1.98. The van der Waals surface area contributed by atoms with Crippen LogP contribution in [-0.4, -0.2) is 35.1 Å². The van der Waals surface area contributed by atoms with E-state index in [1.165, 1.54) is 44.6 Å². The molecule has 0 heterocycles. The van der Waals surface area contributed by atoms with Gasteiger partial charge in [0.15, 0.2) is 11.5 Å². The van der Waals surface area contributed by atoms with E-state index in [4.69, 9.17) is 32.7 Å². The maximum absolute atomic E-state index is 13.5. The summed E-state index contributed by atoms with van der Waals surface area (Å²) in [5.41, 5.74) is 0.715. The molecule has 0 atom stereocenters. The van der Waals surface area contributed by atoms with E-state index in [1.807, 2.05) is 0 Å². The van der Waals surface area contributed by atoms with E-state index in [1.54, 1.807) is 36.4 Å². The van der Waals surface area contributed by atoms with Gasteiger partial charge >= 0.3 is 0 Å². The number of carbonyl (C=O) groups excluding carboxylic acids is 1. The van der Waals surface area contributed by atoms with Crippen LogP contribution in [0.25, 0.3) is 0 Å². The van der Waals surface area contributed by atoms with Crippen LogP contribution in [0.4, 0.5) is 11.4 Å². The first-order valence-corrected chi connectivity index (χ1v) is 11.5.